The van der Waals surface area contributed by atoms with Gasteiger partial charge in [-0.3, -0.25) is 4.79 Å². The van der Waals surface area contributed by atoms with E-state index >= 15 is 0 Å². The molecule has 0 aromatic heterocycles. The van der Waals surface area contributed by atoms with Gasteiger partial charge in [0.25, 0.3) is 5.91 Å². The van der Waals surface area contributed by atoms with Crippen LogP contribution in [0.4, 0.5) is 0 Å². The number of hydrogen-bond acceptors (Lipinski definition) is 3. The molecule has 0 atom stereocenters. The van der Waals surface area contributed by atoms with Gasteiger partial charge in [-0.2, -0.15) is 0 Å². The van der Waals surface area contributed by atoms with E-state index in [1.807, 2.05) is 6.92 Å². The third kappa shape index (κ3) is 3.36. The van der Waals surface area contributed by atoms with Crippen LogP contribution in [0.1, 0.15) is 23.7 Å². The van der Waals surface area contributed by atoms with Crippen molar-refractivity contribution in [1.29, 1.82) is 0 Å². The predicted molar refractivity (Wildman–Crippen MR) is 69.8 cm³/mol. The molecule has 1 aromatic rings. The Morgan fingerprint density at radius 3 is 2.65 bits per heavy atom. The lowest BCUT2D eigenvalue weighted by Gasteiger charge is -2.21. The molecule has 0 heterocycles. The first-order valence-corrected chi connectivity index (χ1v) is 6.60. The lowest BCUT2D eigenvalue weighted by atomic mass is 10.1. The van der Waals surface area contributed by atoms with E-state index < -0.39 is 0 Å². The number of phenolic OH excluding ortho intramolecular Hbond substituents is 2. The summed E-state index contributed by atoms with van der Waals surface area (Å²) in [5.41, 5.74) is 0.138. The molecule has 1 amide bonds. The number of nitrogens with zero attached hydrogens (tertiary/aromatic N) is 1. The Labute approximate surface area is 109 Å². The lowest BCUT2D eigenvalue weighted by Crippen LogP contribution is -2.33. The molecule has 0 aliphatic carbocycles. The summed E-state index contributed by atoms with van der Waals surface area (Å²) in [6, 6.07) is 4.40. The van der Waals surface area contributed by atoms with Crippen molar-refractivity contribution in [3.05, 3.63) is 23.8 Å². The number of amides is 1. The van der Waals surface area contributed by atoms with E-state index in [-0.39, 0.29) is 23.0 Å². The first kappa shape index (κ1) is 13.8. The van der Waals surface area contributed by atoms with Gasteiger partial charge in [-0.1, -0.05) is 28.9 Å². The molecule has 1 aromatic carbocycles. The highest BCUT2D eigenvalue weighted by Gasteiger charge is 2.19. The molecule has 5 heteroatoms. The van der Waals surface area contributed by atoms with E-state index in [0.29, 0.717) is 18.4 Å². The molecule has 0 saturated carbocycles. The summed E-state index contributed by atoms with van der Waals surface area (Å²) >= 11 is 3.29. The summed E-state index contributed by atoms with van der Waals surface area (Å²) in [5, 5.41) is 19.7. The zero-order valence-electron chi connectivity index (χ0n) is 9.69. The molecule has 0 radical (unpaired) electrons. The molecule has 17 heavy (non-hydrogen) atoms. The van der Waals surface area contributed by atoms with E-state index in [0.717, 1.165) is 6.42 Å². The number of carbonyl (C=O) groups excluding carboxylic acids is 1. The summed E-state index contributed by atoms with van der Waals surface area (Å²) in [7, 11) is 0. The van der Waals surface area contributed by atoms with Gasteiger partial charge < -0.3 is 15.1 Å². The molecule has 0 aliphatic heterocycles. The van der Waals surface area contributed by atoms with Crippen LogP contribution >= 0.6 is 15.9 Å². The molecule has 0 bridgehead atoms. The fourth-order valence-electron chi connectivity index (χ4n) is 1.56. The van der Waals surface area contributed by atoms with Gasteiger partial charge in [0.1, 0.15) is 0 Å². The van der Waals surface area contributed by atoms with Crippen molar-refractivity contribution in [2.75, 3.05) is 18.4 Å². The normalized spacial score (nSPS) is 10.2. The molecule has 0 unspecified atom stereocenters. The SMILES string of the molecule is CCCN(CCBr)C(=O)c1cccc(O)c1O. The van der Waals surface area contributed by atoms with Gasteiger partial charge in [-0.15, -0.1) is 0 Å². The smallest absolute Gasteiger partial charge is 0.257 e. The maximum Gasteiger partial charge on any atom is 0.257 e. The van der Waals surface area contributed by atoms with Crippen molar-refractivity contribution < 1.29 is 15.0 Å². The minimum atomic E-state index is -0.354. The minimum absolute atomic E-state index is 0.138. The number of phenols is 2. The van der Waals surface area contributed by atoms with Crippen LogP contribution in [0.15, 0.2) is 18.2 Å². The minimum Gasteiger partial charge on any atom is -0.504 e. The second-order valence-electron chi connectivity index (χ2n) is 3.65. The summed E-state index contributed by atoms with van der Waals surface area (Å²) in [6.07, 6.45) is 0.846. The Kier molecular flexibility index (Phi) is 5.28. The van der Waals surface area contributed by atoms with Crippen molar-refractivity contribution in [1.82, 2.24) is 4.90 Å². The average molecular weight is 302 g/mol. The third-order valence-electron chi connectivity index (χ3n) is 2.38. The Balaban J connectivity index is 2.96. The van der Waals surface area contributed by atoms with Gasteiger partial charge in [0.05, 0.1) is 5.56 Å². The molecular formula is C12H16BrNO3. The molecule has 94 valence electrons. The number of rotatable bonds is 5. The maximum absolute atomic E-state index is 12.1. The van der Waals surface area contributed by atoms with Gasteiger partial charge in [0.2, 0.25) is 0 Å². The third-order valence-corrected chi connectivity index (χ3v) is 2.73. The Morgan fingerprint density at radius 1 is 1.35 bits per heavy atom. The fraction of sp³-hybridized carbons (Fsp3) is 0.417. The number of carbonyl (C=O) groups is 1. The zero-order chi connectivity index (χ0) is 12.8. The van der Waals surface area contributed by atoms with Crippen LogP contribution < -0.4 is 0 Å². The Bertz CT molecular complexity index is 389. The zero-order valence-corrected chi connectivity index (χ0v) is 11.3. The van der Waals surface area contributed by atoms with Gasteiger partial charge in [0.15, 0.2) is 11.5 Å². The van der Waals surface area contributed by atoms with Crippen molar-refractivity contribution in [2.45, 2.75) is 13.3 Å². The average Bonchev–Trinajstić information content (AvgIpc) is 2.31. The van der Waals surface area contributed by atoms with Crippen molar-refractivity contribution >= 4 is 21.8 Å². The van der Waals surface area contributed by atoms with Crippen LogP contribution in [0.5, 0.6) is 11.5 Å². The summed E-state index contributed by atoms with van der Waals surface area (Å²) in [4.78, 5) is 13.8. The topological polar surface area (TPSA) is 60.8 Å². The number of alkyl halides is 1. The molecule has 2 N–H and O–H groups in total. The summed E-state index contributed by atoms with van der Waals surface area (Å²) in [6.45, 7) is 3.18. The number of para-hydroxylation sites is 1. The molecule has 1 rings (SSSR count). The van der Waals surface area contributed by atoms with E-state index in [9.17, 15) is 15.0 Å². The second-order valence-corrected chi connectivity index (χ2v) is 4.45. The van der Waals surface area contributed by atoms with E-state index in [2.05, 4.69) is 15.9 Å². The predicted octanol–water partition coefficient (Wildman–Crippen LogP) is 2.34. The number of aromatic hydroxyl groups is 2. The Morgan fingerprint density at radius 2 is 2.06 bits per heavy atom. The van der Waals surface area contributed by atoms with Crippen LogP contribution in [0.2, 0.25) is 0 Å². The molecule has 0 saturated heterocycles. The first-order chi connectivity index (χ1) is 8.11. The fourth-order valence-corrected chi connectivity index (χ4v) is 1.99. The van der Waals surface area contributed by atoms with Gasteiger partial charge in [-0.05, 0) is 18.6 Å². The van der Waals surface area contributed by atoms with Crippen LogP contribution in [0, 0.1) is 0 Å². The van der Waals surface area contributed by atoms with Crippen molar-refractivity contribution in [3.63, 3.8) is 0 Å². The van der Waals surface area contributed by atoms with E-state index in [1.54, 1.807) is 11.0 Å². The summed E-state index contributed by atoms with van der Waals surface area (Å²) in [5.74, 6) is -0.890. The van der Waals surface area contributed by atoms with Crippen molar-refractivity contribution in [3.8, 4) is 11.5 Å². The van der Waals surface area contributed by atoms with Crippen LogP contribution in [-0.2, 0) is 0 Å². The van der Waals surface area contributed by atoms with Gasteiger partial charge in [-0.25, -0.2) is 0 Å². The van der Waals surface area contributed by atoms with Gasteiger partial charge in [0, 0.05) is 18.4 Å². The Hall–Kier alpha value is -1.23. The first-order valence-electron chi connectivity index (χ1n) is 5.48. The maximum atomic E-state index is 12.1. The quantitative estimate of drug-likeness (QED) is 0.648. The molecular weight excluding hydrogens is 286 g/mol. The monoisotopic (exact) mass is 301 g/mol. The summed E-state index contributed by atoms with van der Waals surface area (Å²) < 4.78 is 0. The van der Waals surface area contributed by atoms with Gasteiger partial charge >= 0.3 is 0 Å². The highest BCUT2D eigenvalue weighted by Crippen LogP contribution is 2.29. The largest absolute Gasteiger partial charge is 0.504 e. The van der Waals surface area contributed by atoms with Crippen LogP contribution in [0.3, 0.4) is 0 Å². The second kappa shape index (κ2) is 6.49. The van der Waals surface area contributed by atoms with Crippen LogP contribution in [-0.4, -0.2) is 39.4 Å². The molecule has 0 aliphatic rings. The molecule has 0 fully saturated rings. The molecule has 4 nitrogen and oxygen atoms in total. The van der Waals surface area contributed by atoms with E-state index in [1.165, 1.54) is 12.1 Å². The lowest BCUT2D eigenvalue weighted by molar-refractivity contribution is 0.0762. The van der Waals surface area contributed by atoms with Crippen molar-refractivity contribution in [2.24, 2.45) is 0 Å². The highest BCUT2D eigenvalue weighted by molar-refractivity contribution is 9.09. The van der Waals surface area contributed by atoms with E-state index in [4.69, 9.17) is 0 Å². The standard InChI is InChI=1S/C12H16BrNO3/c1-2-7-14(8-6-13)12(17)9-4-3-5-10(15)11(9)16/h3-5,15-16H,2,6-8H2,1H3. The van der Waals surface area contributed by atoms with Crippen LogP contribution in [0.25, 0.3) is 0 Å². The number of hydrogen-bond donors (Lipinski definition) is 2. The number of halogens is 1. The molecule has 0 spiro atoms. The highest BCUT2D eigenvalue weighted by atomic mass is 79.9. The number of benzene rings is 1.